The summed E-state index contributed by atoms with van der Waals surface area (Å²) in [5.41, 5.74) is -0.245. The minimum atomic E-state index is -0.937. The quantitative estimate of drug-likeness (QED) is 0.246. The standard InChI is InChI=1S/C27H31FN6O6S/c1-5-31-11-8-19(23(31)35)33-24(36)22-16(2)25(34-29-9-10-30-34)41-26(22)32(27(33)37)15-21(40-13-12-38-3)18-14-17(28)6-7-20(18)39-4/h6-7,9-10,14,19,21H,5,8,11-13,15H2,1-4H3. The van der Waals surface area contributed by atoms with E-state index in [1.807, 2.05) is 6.92 Å². The van der Waals surface area contributed by atoms with Crippen molar-refractivity contribution in [3.8, 4) is 10.8 Å². The van der Waals surface area contributed by atoms with Crippen LogP contribution in [0.3, 0.4) is 0 Å². The number of amides is 1. The number of aromatic nitrogens is 5. The Labute approximate surface area is 238 Å². The van der Waals surface area contributed by atoms with Crippen molar-refractivity contribution in [1.82, 2.24) is 29.0 Å². The normalized spacial score (nSPS) is 16.2. The van der Waals surface area contributed by atoms with Gasteiger partial charge in [0.05, 0.1) is 44.6 Å². The Morgan fingerprint density at radius 3 is 2.56 bits per heavy atom. The third-order valence-corrected chi connectivity index (χ3v) is 8.56. The molecule has 4 heterocycles. The first-order valence-corrected chi connectivity index (χ1v) is 14.0. The molecule has 0 aliphatic carbocycles. The molecule has 2 atom stereocenters. The van der Waals surface area contributed by atoms with Crippen LogP contribution in [0, 0.1) is 12.7 Å². The molecule has 1 saturated heterocycles. The van der Waals surface area contributed by atoms with Gasteiger partial charge < -0.3 is 19.1 Å². The molecule has 5 rings (SSSR count). The molecule has 41 heavy (non-hydrogen) atoms. The van der Waals surface area contributed by atoms with Crippen LogP contribution in [-0.2, 0) is 20.8 Å². The molecule has 218 valence electrons. The fourth-order valence-electron chi connectivity index (χ4n) is 5.21. The number of rotatable bonds is 11. The third kappa shape index (κ3) is 5.18. The Balaban J connectivity index is 1.74. The molecule has 0 radical (unpaired) electrons. The highest BCUT2D eigenvalue weighted by Crippen LogP contribution is 2.34. The van der Waals surface area contributed by atoms with Crippen LogP contribution >= 0.6 is 11.3 Å². The van der Waals surface area contributed by atoms with Gasteiger partial charge >= 0.3 is 5.69 Å². The minimum absolute atomic E-state index is 0.0938. The van der Waals surface area contributed by atoms with Gasteiger partial charge in [-0.05, 0) is 38.5 Å². The van der Waals surface area contributed by atoms with Crippen molar-refractivity contribution in [2.45, 2.75) is 39.0 Å². The number of nitrogens with zero attached hydrogens (tertiary/aromatic N) is 6. The van der Waals surface area contributed by atoms with Crippen molar-refractivity contribution in [3.05, 3.63) is 68.4 Å². The number of carbonyl (C=O) groups is 1. The molecule has 12 nitrogen and oxygen atoms in total. The summed E-state index contributed by atoms with van der Waals surface area (Å²) in [6.45, 7) is 4.84. The fraction of sp³-hybridized carbons (Fsp3) is 0.444. The van der Waals surface area contributed by atoms with Crippen molar-refractivity contribution in [2.24, 2.45) is 0 Å². The number of likely N-dealkylation sites (tertiary alicyclic amines) is 1. The van der Waals surface area contributed by atoms with E-state index in [0.29, 0.717) is 46.2 Å². The molecule has 14 heteroatoms. The number of hydrogen-bond donors (Lipinski definition) is 0. The predicted octanol–water partition coefficient (Wildman–Crippen LogP) is 2.46. The zero-order chi connectivity index (χ0) is 29.3. The number of thiophene rings is 1. The molecule has 0 saturated carbocycles. The number of ether oxygens (including phenoxy) is 3. The number of methoxy groups -OCH3 is 2. The fourth-order valence-corrected chi connectivity index (χ4v) is 6.43. The number of hydrogen-bond acceptors (Lipinski definition) is 9. The van der Waals surface area contributed by atoms with E-state index >= 15 is 0 Å². The van der Waals surface area contributed by atoms with Gasteiger partial charge in [0.25, 0.3) is 5.56 Å². The molecule has 0 bridgehead atoms. The van der Waals surface area contributed by atoms with E-state index in [4.69, 9.17) is 14.2 Å². The number of likely N-dealkylation sites (N-methyl/N-ethyl adjacent to an activating group) is 1. The second-order valence-electron chi connectivity index (χ2n) is 9.56. The molecule has 0 spiro atoms. The first-order valence-electron chi connectivity index (χ1n) is 13.2. The topological polar surface area (TPSA) is 123 Å². The number of benzene rings is 1. The van der Waals surface area contributed by atoms with Gasteiger partial charge in [-0.1, -0.05) is 11.3 Å². The van der Waals surface area contributed by atoms with Crippen LogP contribution in [0.4, 0.5) is 4.39 Å². The first-order chi connectivity index (χ1) is 19.8. The SMILES string of the molecule is CCN1CCC(n2c(=O)c3c(C)c(-n4nccn4)sc3n(CC(OCCOC)c3cc(F)ccc3OC)c2=O)C1=O. The van der Waals surface area contributed by atoms with Crippen molar-refractivity contribution in [3.63, 3.8) is 0 Å². The van der Waals surface area contributed by atoms with Gasteiger partial charge in [0.2, 0.25) is 5.91 Å². The van der Waals surface area contributed by atoms with E-state index in [0.717, 1.165) is 4.57 Å². The summed E-state index contributed by atoms with van der Waals surface area (Å²) in [6, 6.07) is 3.13. The maximum Gasteiger partial charge on any atom is 0.332 e. The molecular weight excluding hydrogens is 555 g/mol. The van der Waals surface area contributed by atoms with Crippen LogP contribution in [0.5, 0.6) is 5.75 Å². The van der Waals surface area contributed by atoms with Gasteiger partial charge in [-0.2, -0.15) is 10.2 Å². The Morgan fingerprint density at radius 1 is 1.15 bits per heavy atom. The zero-order valence-electron chi connectivity index (χ0n) is 23.2. The Kier molecular flexibility index (Phi) is 8.33. The van der Waals surface area contributed by atoms with Gasteiger partial charge in [0.1, 0.15) is 33.5 Å². The second-order valence-corrected chi connectivity index (χ2v) is 10.5. The Morgan fingerprint density at radius 2 is 1.90 bits per heavy atom. The van der Waals surface area contributed by atoms with E-state index in [-0.39, 0.29) is 31.1 Å². The average molecular weight is 587 g/mol. The van der Waals surface area contributed by atoms with Gasteiger partial charge in [0.15, 0.2) is 0 Å². The maximum atomic E-state index is 14.4. The summed E-state index contributed by atoms with van der Waals surface area (Å²) in [4.78, 5) is 44.7. The van der Waals surface area contributed by atoms with Gasteiger partial charge in [0, 0.05) is 31.3 Å². The number of fused-ring (bicyclic) bond motifs is 1. The minimum Gasteiger partial charge on any atom is -0.496 e. The second kappa shape index (κ2) is 11.9. The largest absolute Gasteiger partial charge is 0.496 e. The summed E-state index contributed by atoms with van der Waals surface area (Å²) in [6.07, 6.45) is 2.50. The zero-order valence-corrected chi connectivity index (χ0v) is 24.0. The van der Waals surface area contributed by atoms with Crippen LogP contribution in [0.25, 0.3) is 15.2 Å². The highest BCUT2D eigenvalue weighted by molar-refractivity contribution is 7.21. The van der Waals surface area contributed by atoms with Gasteiger partial charge in [-0.25, -0.2) is 13.8 Å². The van der Waals surface area contributed by atoms with Gasteiger partial charge in [-0.15, -0.1) is 4.80 Å². The lowest BCUT2D eigenvalue weighted by Crippen LogP contribution is -2.45. The molecule has 1 aliphatic heterocycles. The highest BCUT2D eigenvalue weighted by atomic mass is 32.1. The first kappa shape index (κ1) is 28.6. The molecule has 0 N–H and O–H groups in total. The van der Waals surface area contributed by atoms with Crippen molar-refractivity contribution in [2.75, 3.05) is 40.5 Å². The van der Waals surface area contributed by atoms with E-state index in [1.54, 1.807) is 11.8 Å². The highest BCUT2D eigenvalue weighted by Gasteiger charge is 2.36. The van der Waals surface area contributed by atoms with E-state index in [9.17, 15) is 18.8 Å². The summed E-state index contributed by atoms with van der Waals surface area (Å²) in [5, 5.41) is 9.26. The summed E-state index contributed by atoms with van der Waals surface area (Å²) >= 11 is 1.18. The lowest BCUT2D eigenvalue weighted by atomic mass is 10.1. The van der Waals surface area contributed by atoms with E-state index in [2.05, 4.69) is 10.2 Å². The van der Waals surface area contributed by atoms with Crippen molar-refractivity contribution < 1.29 is 23.4 Å². The summed E-state index contributed by atoms with van der Waals surface area (Å²) in [7, 11) is 2.99. The van der Waals surface area contributed by atoms with Crippen LogP contribution in [0.2, 0.25) is 0 Å². The molecule has 1 aliphatic rings. The number of aryl methyl sites for hydroxylation is 1. The Hall–Kier alpha value is -3.88. The summed E-state index contributed by atoms with van der Waals surface area (Å²) in [5.74, 6) is -0.405. The predicted molar refractivity (Wildman–Crippen MR) is 149 cm³/mol. The molecule has 2 unspecified atom stereocenters. The van der Waals surface area contributed by atoms with Gasteiger partial charge in [-0.3, -0.25) is 14.2 Å². The van der Waals surface area contributed by atoms with Crippen LogP contribution in [0.1, 0.15) is 36.6 Å². The van der Waals surface area contributed by atoms with E-state index < -0.39 is 29.2 Å². The monoisotopic (exact) mass is 586 g/mol. The number of carbonyl (C=O) groups excluding carboxylic acids is 1. The maximum absolute atomic E-state index is 14.4. The van der Waals surface area contributed by atoms with Crippen LogP contribution in [0.15, 0.2) is 40.2 Å². The van der Waals surface area contributed by atoms with Crippen LogP contribution < -0.4 is 16.0 Å². The number of halogens is 1. The third-order valence-electron chi connectivity index (χ3n) is 7.27. The van der Waals surface area contributed by atoms with Crippen molar-refractivity contribution in [1.29, 1.82) is 0 Å². The summed E-state index contributed by atoms with van der Waals surface area (Å²) < 4.78 is 33.7. The molecule has 4 aromatic rings. The average Bonchev–Trinajstić information content (AvgIpc) is 3.70. The molecular formula is C27H31FN6O6S. The van der Waals surface area contributed by atoms with E-state index in [1.165, 1.54) is 65.5 Å². The Bertz CT molecular complexity index is 1680. The lowest BCUT2D eigenvalue weighted by Gasteiger charge is -2.23. The smallest absolute Gasteiger partial charge is 0.332 e. The molecule has 3 aromatic heterocycles. The lowest BCUT2D eigenvalue weighted by molar-refractivity contribution is -0.130. The van der Waals surface area contributed by atoms with Crippen LogP contribution in [-0.4, -0.2) is 75.5 Å². The molecule has 1 amide bonds. The molecule has 1 aromatic carbocycles. The van der Waals surface area contributed by atoms with Crippen molar-refractivity contribution >= 4 is 27.5 Å². The molecule has 1 fully saturated rings.